The minimum Gasteiger partial charge on any atom is -0.493 e. The Morgan fingerprint density at radius 1 is 1.36 bits per heavy atom. The van der Waals surface area contributed by atoms with E-state index in [4.69, 9.17) is 9.47 Å². The molecule has 1 aromatic carbocycles. The van der Waals surface area contributed by atoms with Crippen molar-refractivity contribution in [2.45, 2.75) is 51.7 Å². The molecular formula is C20H29NO4. The van der Waals surface area contributed by atoms with Crippen LogP contribution in [0.1, 0.15) is 36.8 Å². The molecular weight excluding hydrogens is 318 g/mol. The zero-order chi connectivity index (χ0) is 17.8. The van der Waals surface area contributed by atoms with Gasteiger partial charge >= 0.3 is 0 Å². The first kappa shape index (κ1) is 18.2. The van der Waals surface area contributed by atoms with Gasteiger partial charge in [0.05, 0.1) is 25.7 Å². The van der Waals surface area contributed by atoms with Gasteiger partial charge in [-0.15, -0.1) is 0 Å². The molecule has 0 radical (unpaired) electrons. The second-order valence-corrected chi connectivity index (χ2v) is 7.26. The van der Waals surface area contributed by atoms with Gasteiger partial charge in [0.25, 0.3) is 0 Å². The number of amides is 1. The molecule has 2 fully saturated rings. The molecule has 0 aromatic heterocycles. The summed E-state index contributed by atoms with van der Waals surface area (Å²) in [7, 11) is 0. The van der Waals surface area contributed by atoms with Gasteiger partial charge in [-0.05, 0) is 44.7 Å². The van der Waals surface area contributed by atoms with Crippen LogP contribution in [0.4, 0.5) is 0 Å². The van der Waals surface area contributed by atoms with Crippen molar-refractivity contribution >= 4 is 5.91 Å². The average molecular weight is 347 g/mol. The Balaban J connectivity index is 1.53. The summed E-state index contributed by atoms with van der Waals surface area (Å²) in [6, 6.07) is 6.16. The summed E-state index contributed by atoms with van der Waals surface area (Å²) in [5, 5.41) is 10.3. The lowest BCUT2D eigenvalue weighted by Crippen LogP contribution is -2.48. The summed E-state index contributed by atoms with van der Waals surface area (Å²) in [5.74, 6) is 0.998. The van der Waals surface area contributed by atoms with Crippen molar-refractivity contribution in [2.75, 3.05) is 26.4 Å². The van der Waals surface area contributed by atoms with Crippen LogP contribution in [0.15, 0.2) is 18.2 Å². The Labute approximate surface area is 149 Å². The highest BCUT2D eigenvalue weighted by atomic mass is 16.5. The molecule has 0 unspecified atom stereocenters. The SMILES string of the molecule is Cc1ccc(OCCC(=O)N2CCC[C@@H]2[C@H]2COCC[C@@H]2O)c(C)c1. The molecule has 3 atom stereocenters. The lowest BCUT2D eigenvalue weighted by molar-refractivity contribution is -0.136. The van der Waals surface area contributed by atoms with Gasteiger partial charge in [-0.25, -0.2) is 0 Å². The van der Waals surface area contributed by atoms with Crippen molar-refractivity contribution in [2.24, 2.45) is 5.92 Å². The largest absolute Gasteiger partial charge is 0.493 e. The molecule has 5 heteroatoms. The number of carbonyl (C=O) groups excluding carboxylic acids is 1. The molecule has 2 aliphatic rings. The fraction of sp³-hybridized carbons (Fsp3) is 0.650. The number of hydrogen-bond donors (Lipinski definition) is 1. The van der Waals surface area contributed by atoms with Crippen LogP contribution in [0.5, 0.6) is 5.75 Å². The van der Waals surface area contributed by atoms with E-state index in [-0.39, 0.29) is 24.0 Å². The Kier molecular flexibility index (Phi) is 5.97. The number of nitrogens with zero attached hydrogens (tertiary/aromatic N) is 1. The predicted molar refractivity (Wildman–Crippen MR) is 95.7 cm³/mol. The maximum atomic E-state index is 12.7. The summed E-state index contributed by atoms with van der Waals surface area (Å²) < 4.78 is 11.3. The van der Waals surface area contributed by atoms with Crippen LogP contribution >= 0.6 is 0 Å². The molecule has 1 N–H and O–H groups in total. The van der Waals surface area contributed by atoms with Crippen molar-refractivity contribution in [1.29, 1.82) is 0 Å². The standard InChI is InChI=1S/C20H29NO4/c1-14-5-6-19(15(2)12-14)25-11-8-20(23)21-9-3-4-17(21)16-13-24-10-7-18(16)22/h5-6,12,16-18,22H,3-4,7-11,13H2,1-2H3/t16-,17-,18+/m1/s1. The molecule has 0 saturated carbocycles. The first-order chi connectivity index (χ1) is 12.1. The van der Waals surface area contributed by atoms with Crippen molar-refractivity contribution in [3.8, 4) is 5.75 Å². The summed E-state index contributed by atoms with van der Waals surface area (Å²) >= 11 is 0. The molecule has 5 nitrogen and oxygen atoms in total. The zero-order valence-corrected chi connectivity index (χ0v) is 15.2. The number of aryl methyl sites for hydroxylation is 2. The van der Waals surface area contributed by atoms with Crippen molar-refractivity contribution < 1.29 is 19.4 Å². The van der Waals surface area contributed by atoms with E-state index >= 15 is 0 Å². The third-order valence-corrected chi connectivity index (χ3v) is 5.38. The van der Waals surface area contributed by atoms with E-state index in [1.165, 1.54) is 5.56 Å². The lowest BCUT2D eigenvalue weighted by Gasteiger charge is -2.37. The highest BCUT2D eigenvalue weighted by molar-refractivity contribution is 5.77. The van der Waals surface area contributed by atoms with E-state index in [1.54, 1.807) is 0 Å². The van der Waals surface area contributed by atoms with Crippen LogP contribution in [-0.2, 0) is 9.53 Å². The van der Waals surface area contributed by atoms with Gasteiger partial charge in [-0.2, -0.15) is 0 Å². The molecule has 2 saturated heterocycles. The van der Waals surface area contributed by atoms with Gasteiger partial charge in [0, 0.05) is 25.1 Å². The molecule has 3 rings (SSSR count). The van der Waals surface area contributed by atoms with E-state index in [0.717, 1.165) is 30.7 Å². The second-order valence-electron chi connectivity index (χ2n) is 7.26. The predicted octanol–water partition coefficient (Wildman–Crippen LogP) is 2.46. The highest BCUT2D eigenvalue weighted by Gasteiger charge is 2.39. The van der Waals surface area contributed by atoms with Gasteiger partial charge < -0.3 is 19.5 Å². The first-order valence-corrected chi connectivity index (χ1v) is 9.31. The molecule has 2 aliphatic heterocycles. The van der Waals surface area contributed by atoms with E-state index in [9.17, 15) is 9.90 Å². The monoisotopic (exact) mass is 347 g/mol. The van der Waals surface area contributed by atoms with Crippen LogP contribution < -0.4 is 4.74 Å². The third kappa shape index (κ3) is 4.33. The minimum absolute atomic E-state index is 0.0421. The van der Waals surface area contributed by atoms with Crippen LogP contribution in [0.3, 0.4) is 0 Å². The topological polar surface area (TPSA) is 59.0 Å². The fourth-order valence-electron chi connectivity index (χ4n) is 4.02. The molecule has 0 aliphatic carbocycles. The second kappa shape index (κ2) is 8.19. The van der Waals surface area contributed by atoms with Crippen LogP contribution in [0.25, 0.3) is 0 Å². The van der Waals surface area contributed by atoms with Gasteiger partial charge in [-0.3, -0.25) is 4.79 Å². The molecule has 25 heavy (non-hydrogen) atoms. The summed E-state index contributed by atoms with van der Waals surface area (Å²) in [4.78, 5) is 14.6. The Hall–Kier alpha value is -1.59. The van der Waals surface area contributed by atoms with E-state index in [1.807, 2.05) is 24.0 Å². The van der Waals surface area contributed by atoms with Crippen LogP contribution in [0.2, 0.25) is 0 Å². The van der Waals surface area contributed by atoms with Gasteiger partial charge in [0.1, 0.15) is 5.75 Å². The molecule has 1 amide bonds. The highest BCUT2D eigenvalue weighted by Crippen LogP contribution is 2.30. The molecule has 0 bridgehead atoms. The summed E-state index contributed by atoms with van der Waals surface area (Å²) in [5.41, 5.74) is 2.29. The molecule has 2 heterocycles. The molecule has 0 spiro atoms. The average Bonchev–Trinajstić information content (AvgIpc) is 3.06. The van der Waals surface area contributed by atoms with Crippen molar-refractivity contribution in [1.82, 2.24) is 4.90 Å². The van der Waals surface area contributed by atoms with Gasteiger partial charge in [-0.1, -0.05) is 17.7 Å². The number of hydrogen-bond acceptors (Lipinski definition) is 4. The number of rotatable bonds is 5. The van der Waals surface area contributed by atoms with E-state index in [0.29, 0.717) is 32.7 Å². The number of aliphatic hydroxyl groups is 1. The van der Waals surface area contributed by atoms with E-state index < -0.39 is 0 Å². The van der Waals surface area contributed by atoms with Gasteiger partial charge in [0.15, 0.2) is 0 Å². The Morgan fingerprint density at radius 3 is 2.96 bits per heavy atom. The number of benzene rings is 1. The zero-order valence-electron chi connectivity index (χ0n) is 15.2. The van der Waals surface area contributed by atoms with Gasteiger partial charge in [0.2, 0.25) is 5.91 Å². The summed E-state index contributed by atoms with van der Waals surface area (Å²) in [6.45, 7) is 6.39. The van der Waals surface area contributed by atoms with Crippen LogP contribution in [-0.4, -0.2) is 54.4 Å². The number of carbonyl (C=O) groups is 1. The smallest absolute Gasteiger partial charge is 0.226 e. The lowest BCUT2D eigenvalue weighted by atomic mass is 9.89. The minimum atomic E-state index is -0.362. The normalized spacial score (nSPS) is 26.7. The van der Waals surface area contributed by atoms with Crippen molar-refractivity contribution in [3.05, 3.63) is 29.3 Å². The summed E-state index contributed by atoms with van der Waals surface area (Å²) in [6.07, 6.45) is 2.62. The first-order valence-electron chi connectivity index (χ1n) is 9.31. The van der Waals surface area contributed by atoms with Crippen LogP contribution in [0, 0.1) is 19.8 Å². The van der Waals surface area contributed by atoms with E-state index in [2.05, 4.69) is 13.0 Å². The Morgan fingerprint density at radius 2 is 2.20 bits per heavy atom. The fourth-order valence-corrected chi connectivity index (χ4v) is 4.02. The Bertz CT molecular complexity index is 603. The molecule has 1 aromatic rings. The maximum absolute atomic E-state index is 12.7. The quantitative estimate of drug-likeness (QED) is 0.889. The third-order valence-electron chi connectivity index (χ3n) is 5.38. The molecule has 138 valence electrons. The number of likely N-dealkylation sites (tertiary alicyclic amines) is 1. The van der Waals surface area contributed by atoms with Crippen molar-refractivity contribution in [3.63, 3.8) is 0 Å². The maximum Gasteiger partial charge on any atom is 0.226 e. The number of ether oxygens (including phenoxy) is 2. The number of aliphatic hydroxyl groups excluding tert-OH is 1.